The van der Waals surface area contributed by atoms with E-state index in [0.717, 1.165) is 11.8 Å². The van der Waals surface area contributed by atoms with E-state index in [-0.39, 0.29) is 17.9 Å². The minimum Gasteiger partial charge on any atom is -0.772 e. The third-order valence-electron chi connectivity index (χ3n) is 3.92. The van der Waals surface area contributed by atoms with Crippen LogP contribution in [-0.2, 0) is 32.4 Å². The van der Waals surface area contributed by atoms with E-state index < -0.39 is 38.1 Å². The molecule has 0 fully saturated rings. The highest BCUT2D eigenvalue weighted by Gasteiger charge is 2.19. The van der Waals surface area contributed by atoms with Gasteiger partial charge in [0.1, 0.15) is 11.4 Å². The topological polar surface area (TPSA) is 122 Å². The molecular formula is C22H26NO7S2-. The molecule has 174 valence electrons. The van der Waals surface area contributed by atoms with Gasteiger partial charge in [0, 0.05) is 17.0 Å². The summed E-state index contributed by atoms with van der Waals surface area (Å²) in [5, 5.41) is 1.57. The molecule has 1 N–H and O–H groups in total. The van der Waals surface area contributed by atoms with Crippen LogP contribution in [0.1, 0.15) is 31.9 Å². The summed E-state index contributed by atoms with van der Waals surface area (Å²) in [4.78, 5) is 12.0. The van der Waals surface area contributed by atoms with Gasteiger partial charge in [0.05, 0.1) is 6.26 Å². The summed E-state index contributed by atoms with van der Waals surface area (Å²) in [5.74, 6) is -0.0791. The minimum absolute atomic E-state index is 0.0307. The zero-order valence-electron chi connectivity index (χ0n) is 18.2. The fraction of sp³-hybridized carbons (Fsp3) is 0.318. The molecule has 0 saturated carbocycles. The van der Waals surface area contributed by atoms with Crippen LogP contribution in [-0.4, -0.2) is 40.4 Å². The number of hydrogen-bond donors (Lipinski definition) is 1. The van der Waals surface area contributed by atoms with Crippen molar-refractivity contribution in [2.45, 2.75) is 38.0 Å². The first kappa shape index (κ1) is 25.6. The maximum Gasteiger partial charge on any atom is 0.412 e. The lowest BCUT2D eigenvalue weighted by molar-refractivity contribution is 0.0636. The summed E-state index contributed by atoms with van der Waals surface area (Å²) in [6.07, 6.45) is 3.33. The number of rotatable bonds is 8. The van der Waals surface area contributed by atoms with Crippen molar-refractivity contribution in [3.8, 4) is 5.75 Å². The Morgan fingerprint density at radius 3 is 2.41 bits per heavy atom. The predicted octanol–water partition coefficient (Wildman–Crippen LogP) is 3.88. The molecule has 32 heavy (non-hydrogen) atoms. The van der Waals surface area contributed by atoms with Crippen LogP contribution in [0.15, 0.2) is 54.6 Å². The SMILES string of the molecule is CC(C)(C)OC(=O)Nc1ccc(CC(C=Cc2ccccc2)S(=O)[O-])c(OS(C)(=O)=O)c1. The first-order valence-electron chi connectivity index (χ1n) is 9.66. The summed E-state index contributed by atoms with van der Waals surface area (Å²) in [6.45, 7) is 5.13. The Hall–Kier alpha value is -2.69. The number of carbonyl (C=O) groups excluding carboxylic acids is 1. The maximum absolute atomic E-state index is 12.0. The van der Waals surface area contributed by atoms with Crippen LogP contribution in [0.5, 0.6) is 5.75 Å². The van der Waals surface area contributed by atoms with Crippen LogP contribution in [0, 0.1) is 0 Å². The summed E-state index contributed by atoms with van der Waals surface area (Å²) in [7, 11) is -3.90. The number of ether oxygens (including phenoxy) is 1. The number of amides is 1. The van der Waals surface area contributed by atoms with Crippen LogP contribution < -0.4 is 9.50 Å². The number of anilines is 1. The van der Waals surface area contributed by atoms with Gasteiger partial charge in [-0.3, -0.25) is 9.53 Å². The molecular weight excluding hydrogens is 454 g/mol. The second-order valence-electron chi connectivity index (χ2n) is 8.01. The van der Waals surface area contributed by atoms with Gasteiger partial charge in [-0.15, -0.1) is 0 Å². The lowest BCUT2D eigenvalue weighted by atomic mass is 10.1. The van der Waals surface area contributed by atoms with Crippen molar-refractivity contribution in [1.82, 2.24) is 0 Å². The van der Waals surface area contributed by atoms with E-state index in [9.17, 15) is 22.0 Å². The summed E-state index contributed by atoms with van der Waals surface area (Å²) < 4.78 is 57.3. The first-order valence-corrected chi connectivity index (χ1v) is 12.6. The van der Waals surface area contributed by atoms with Crippen molar-refractivity contribution in [2.75, 3.05) is 11.6 Å². The molecule has 0 aliphatic carbocycles. The van der Waals surface area contributed by atoms with Crippen molar-refractivity contribution in [3.05, 3.63) is 65.7 Å². The Morgan fingerprint density at radius 2 is 1.84 bits per heavy atom. The van der Waals surface area contributed by atoms with E-state index >= 15 is 0 Å². The zero-order chi connectivity index (χ0) is 23.9. The van der Waals surface area contributed by atoms with Gasteiger partial charge in [-0.1, -0.05) is 48.6 Å². The second-order valence-corrected chi connectivity index (χ2v) is 10.7. The molecule has 2 aromatic carbocycles. The Balaban J connectivity index is 2.30. The van der Waals surface area contributed by atoms with Crippen molar-refractivity contribution in [2.24, 2.45) is 0 Å². The van der Waals surface area contributed by atoms with Gasteiger partial charge in [-0.25, -0.2) is 4.79 Å². The largest absolute Gasteiger partial charge is 0.772 e. The van der Waals surface area contributed by atoms with Crippen LogP contribution >= 0.6 is 0 Å². The van der Waals surface area contributed by atoms with E-state index in [1.165, 1.54) is 24.3 Å². The number of nitrogens with one attached hydrogen (secondary N) is 1. The summed E-state index contributed by atoms with van der Waals surface area (Å²) >= 11 is -2.47. The molecule has 1 amide bonds. The Bertz CT molecular complexity index is 1090. The quantitative estimate of drug-likeness (QED) is 0.449. The van der Waals surface area contributed by atoms with Crippen LogP contribution in [0.3, 0.4) is 0 Å². The molecule has 8 nitrogen and oxygen atoms in total. The maximum atomic E-state index is 12.0. The summed E-state index contributed by atoms with van der Waals surface area (Å²) in [5.41, 5.74) is 0.693. The van der Waals surface area contributed by atoms with E-state index in [1.807, 2.05) is 30.3 Å². The molecule has 2 unspecified atom stereocenters. The molecule has 2 rings (SSSR count). The van der Waals surface area contributed by atoms with E-state index in [4.69, 9.17) is 8.92 Å². The zero-order valence-corrected chi connectivity index (χ0v) is 19.9. The standard InChI is InChI=1S/C22H27NO7S2/c1-22(2,3)29-21(24)23-18-12-11-17(20(15-18)30-32(4,27)28)14-19(31(25)26)13-10-16-8-6-5-7-9-16/h5-13,15,19H,14H2,1-4H3,(H,23,24)(H,25,26)/p-1. The number of hydrogen-bond acceptors (Lipinski definition) is 7. The van der Waals surface area contributed by atoms with Crippen LogP contribution in [0.25, 0.3) is 6.08 Å². The second kappa shape index (κ2) is 10.8. The Labute approximate surface area is 191 Å². The molecule has 0 aliphatic heterocycles. The van der Waals surface area contributed by atoms with Crippen molar-refractivity contribution in [3.63, 3.8) is 0 Å². The molecule has 0 saturated heterocycles. The van der Waals surface area contributed by atoms with E-state index in [0.29, 0.717) is 5.56 Å². The fourth-order valence-corrected chi connectivity index (χ4v) is 3.67. The average Bonchev–Trinajstić information content (AvgIpc) is 2.64. The molecule has 0 spiro atoms. The van der Waals surface area contributed by atoms with Gasteiger partial charge in [0.2, 0.25) is 0 Å². The lowest BCUT2D eigenvalue weighted by Gasteiger charge is -2.21. The first-order chi connectivity index (χ1) is 14.8. The molecule has 0 aliphatic rings. The van der Waals surface area contributed by atoms with Gasteiger partial charge in [-0.2, -0.15) is 8.42 Å². The van der Waals surface area contributed by atoms with Crippen LogP contribution in [0.4, 0.5) is 10.5 Å². The van der Waals surface area contributed by atoms with Gasteiger partial charge in [0.15, 0.2) is 0 Å². The molecule has 2 aromatic rings. The van der Waals surface area contributed by atoms with Gasteiger partial charge in [0.25, 0.3) is 0 Å². The third kappa shape index (κ3) is 9.21. The van der Waals surface area contributed by atoms with Gasteiger partial charge >= 0.3 is 16.2 Å². The molecule has 10 heteroatoms. The number of benzene rings is 2. The predicted molar refractivity (Wildman–Crippen MR) is 124 cm³/mol. The van der Waals surface area contributed by atoms with Crippen molar-refractivity contribution in [1.29, 1.82) is 0 Å². The van der Waals surface area contributed by atoms with Crippen molar-refractivity contribution < 1.29 is 30.9 Å². The highest BCUT2D eigenvalue weighted by molar-refractivity contribution is 7.86. The average molecular weight is 481 g/mol. The highest BCUT2D eigenvalue weighted by Crippen LogP contribution is 2.27. The molecule has 0 bridgehead atoms. The third-order valence-corrected chi connectivity index (χ3v) is 5.23. The Kier molecular flexibility index (Phi) is 8.59. The normalized spacial score (nSPS) is 14.0. The van der Waals surface area contributed by atoms with E-state index in [1.54, 1.807) is 26.8 Å². The smallest absolute Gasteiger partial charge is 0.412 e. The van der Waals surface area contributed by atoms with Gasteiger partial charge < -0.3 is 13.5 Å². The van der Waals surface area contributed by atoms with Gasteiger partial charge in [-0.05, 0) is 55.5 Å². The molecule has 0 heterocycles. The Morgan fingerprint density at radius 1 is 1.19 bits per heavy atom. The highest BCUT2D eigenvalue weighted by atomic mass is 32.2. The van der Waals surface area contributed by atoms with E-state index in [2.05, 4.69) is 5.32 Å². The minimum atomic E-state index is -3.90. The molecule has 2 atom stereocenters. The number of carbonyl (C=O) groups is 1. The van der Waals surface area contributed by atoms with Crippen molar-refractivity contribution >= 4 is 39.1 Å². The fourth-order valence-electron chi connectivity index (χ4n) is 2.66. The van der Waals surface area contributed by atoms with Crippen LogP contribution in [0.2, 0.25) is 0 Å². The molecule has 0 radical (unpaired) electrons. The summed E-state index contributed by atoms with van der Waals surface area (Å²) in [6, 6.07) is 13.5. The molecule has 0 aromatic heterocycles. The monoisotopic (exact) mass is 480 g/mol. The lowest BCUT2D eigenvalue weighted by Crippen LogP contribution is -2.27.